The van der Waals surface area contributed by atoms with Crippen molar-refractivity contribution in [2.24, 2.45) is 0 Å². The Kier molecular flexibility index (Phi) is 4.25. The van der Waals surface area contributed by atoms with Crippen LogP contribution in [0.5, 0.6) is 5.75 Å². The van der Waals surface area contributed by atoms with Crippen LogP contribution in [0.25, 0.3) is 0 Å². The van der Waals surface area contributed by atoms with Crippen LogP contribution in [0.2, 0.25) is 0 Å². The molecule has 1 rings (SSSR count). The summed E-state index contributed by atoms with van der Waals surface area (Å²) < 4.78 is 0. The molecule has 0 amide bonds. The van der Waals surface area contributed by atoms with Crippen molar-refractivity contribution in [3.8, 4) is 5.75 Å². The summed E-state index contributed by atoms with van der Waals surface area (Å²) in [5.74, 6) is -2.10. The molecule has 0 spiro atoms. The van der Waals surface area contributed by atoms with Gasteiger partial charge in [-0.1, -0.05) is 28.1 Å². The molecule has 92 valence electrons. The molecule has 0 saturated carbocycles. The van der Waals surface area contributed by atoms with Crippen LogP contribution < -0.4 is 0 Å². The number of carboxylic acids is 1. The van der Waals surface area contributed by atoms with Gasteiger partial charge in [0.05, 0.1) is 4.83 Å². The van der Waals surface area contributed by atoms with Gasteiger partial charge in [-0.15, -0.1) is 0 Å². The van der Waals surface area contributed by atoms with Crippen molar-refractivity contribution in [1.29, 1.82) is 0 Å². The number of halogens is 1. The van der Waals surface area contributed by atoms with Crippen molar-refractivity contribution in [3.05, 3.63) is 29.3 Å². The normalized spacial score (nSPS) is 14.1. The van der Waals surface area contributed by atoms with Crippen LogP contribution in [0, 0.1) is 0 Å². The minimum absolute atomic E-state index is 0.169. The second-order valence-electron chi connectivity index (χ2n) is 3.49. The van der Waals surface area contributed by atoms with Crippen molar-refractivity contribution >= 4 is 27.7 Å². The molecular formula is C11H11BrO5. The van der Waals surface area contributed by atoms with Crippen molar-refractivity contribution in [2.45, 2.75) is 17.9 Å². The van der Waals surface area contributed by atoms with Gasteiger partial charge in [-0.25, -0.2) is 4.79 Å². The number of Topliss-reactive ketones (excluding diaryl/α,β-unsaturated/α-hetero) is 1. The summed E-state index contributed by atoms with van der Waals surface area (Å²) in [7, 11) is 0. The van der Waals surface area contributed by atoms with Crippen LogP contribution in [-0.4, -0.2) is 27.1 Å². The number of aliphatic hydroxyl groups is 1. The molecule has 0 aliphatic rings. The Hall–Kier alpha value is -1.40. The average Bonchev–Trinajstić information content (AvgIpc) is 2.26. The van der Waals surface area contributed by atoms with Gasteiger partial charge in [0, 0.05) is 5.56 Å². The molecule has 3 N–H and O–H groups in total. The zero-order valence-electron chi connectivity index (χ0n) is 8.92. The van der Waals surface area contributed by atoms with E-state index in [1.54, 1.807) is 0 Å². The van der Waals surface area contributed by atoms with Crippen molar-refractivity contribution < 1.29 is 24.9 Å². The zero-order chi connectivity index (χ0) is 13.2. The van der Waals surface area contributed by atoms with Crippen LogP contribution >= 0.6 is 15.9 Å². The van der Waals surface area contributed by atoms with Crippen LogP contribution in [0.15, 0.2) is 18.2 Å². The van der Waals surface area contributed by atoms with Gasteiger partial charge in [-0.2, -0.15) is 0 Å². The molecule has 0 fully saturated rings. The highest BCUT2D eigenvalue weighted by molar-refractivity contribution is 9.09. The number of benzene rings is 1. The van der Waals surface area contributed by atoms with E-state index in [1.165, 1.54) is 25.1 Å². The van der Waals surface area contributed by atoms with Gasteiger partial charge < -0.3 is 15.3 Å². The summed E-state index contributed by atoms with van der Waals surface area (Å²) in [5, 5.41) is 27.8. The molecule has 0 radical (unpaired) electrons. The fourth-order valence-electron chi connectivity index (χ4n) is 1.43. The summed E-state index contributed by atoms with van der Waals surface area (Å²) in [5.41, 5.74) is 0.0736. The van der Waals surface area contributed by atoms with Crippen LogP contribution in [-0.2, 0) is 9.59 Å². The summed E-state index contributed by atoms with van der Waals surface area (Å²) >= 11 is 3.09. The second kappa shape index (κ2) is 5.29. The Morgan fingerprint density at radius 3 is 2.41 bits per heavy atom. The lowest BCUT2D eigenvalue weighted by Crippen LogP contribution is -2.15. The maximum atomic E-state index is 11.2. The Balaban J connectivity index is 3.36. The first kappa shape index (κ1) is 13.7. The monoisotopic (exact) mass is 302 g/mol. The molecule has 0 aromatic heterocycles. The summed E-state index contributed by atoms with van der Waals surface area (Å²) in [6.07, 6.45) is -1.87. The van der Waals surface area contributed by atoms with Gasteiger partial charge in [-0.3, -0.25) is 4.79 Å². The lowest BCUT2D eigenvalue weighted by molar-refractivity contribution is -0.147. The highest BCUT2D eigenvalue weighted by atomic mass is 79.9. The smallest absolute Gasteiger partial charge is 0.337 e. The number of hydrogen-bond donors (Lipinski definition) is 3. The predicted molar refractivity (Wildman–Crippen MR) is 63.1 cm³/mol. The average molecular weight is 303 g/mol. The number of phenols is 1. The zero-order valence-corrected chi connectivity index (χ0v) is 10.5. The number of phenolic OH excluding ortho intramolecular Hbond substituents is 1. The number of carbonyl (C=O) groups excluding carboxylic acids is 1. The molecule has 0 bridgehead atoms. The molecule has 1 aromatic rings. The molecule has 0 aliphatic carbocycles. The maximum absolute atomic E-state index is 11.2. The Morgan fingerprint density at radius 1 is 1.35 bits per heavy atom. The van der Waals surface area contributed by atoms with E-state index in [4.69, 9.17) is 5.11 Å². The fraction of sp³-hybridized carbons (Fsp3) is 0.273. The molecule has 0 heterocycles. The molecule has 5 nitrogen and oxygen atoms in total. The molecule has 6 heteroatoms. The van der Waals surface area contributed by atoms with E-state index in [-0.39, 0.29) is 22.7 Å². The first-order chi connectivity index (χ1) is 7.86. The highest BCUT2D eigenvalue weighted by Crippen LogP contribution is 2.35. The summed E-state index contributed by atoms with van der Waals surface area (Å²) in [4.78, 5) is 21.2. The maximum Gasteiger partial charge on any atom is 0.337 e. The summed E-state index contributed by atoms with van der Waals surface area (Å²) in [6.45, 7) is 1.32. The first-order valence-electron chi connectivity index (χ1n) is 4.73. The van der Waals surface area contributed by atoms with Crippen LogP contribution in [0.3, 0.4) is 0 Å². The highest BCUT2D eigenvalue weighted by Gasteiger charge is 2.27. The summed E-state index contributed by atoms with van der Waals surface area (Å²) in [6, 6.07) is 4.20. The van der Waals surface area contributed by atoms with E-state index in [0.29, 0.717) is 0 Å². The lowest BCUT2D eigenvalue weighted by atomic mass is 9.97. The van der Waals surface area contributed by atoms with Gasteiger partial charge in [0.15, 0.2) is 6.10 Å². The second-order valence-corrected chi connectivity index (χ2v) is 4.41. The van der Waals surface area contributed by atoms with E-state index >= 15 is 0 Å². The van der Waals surface area contributed by atoms with Gasteiger partial charge in [0.25, 0.3) is 0 Å². The number of hydrogen-bond acceptors (Lipinski definition) is 4. The third-order valence-electron chi connectivity index (χ3n) is 2.25. The number of alkyl halides is 1. The third kappa shape index (κ3) is 2.83. The number of aliphatic carboxylic acids is 1. The van der Waals surface area contributed by atoms with Crippen molar-refractivity contribution in [3.63, 3.8) is 0 Å². The Bertz CT molecular complexity index is 457. The number of carboxylic acid groups (broad SMARTS) is 1. The number of ketones is 1. The van der Waals surface area contributed by atoms with Gasteiger partial charge in [0.1, 0.15) is 11.5 Å². The molecule has 0 aliphatic heterocycles. The largest absolute Gasteiger partial charge is 0.508 e. The van der Waals surface area contributed by atoms with Crippen LogP contribution in [0.1, 0.15) is 29.0 Å². The Labute approximate surface area is 106 Å². The van der Waals surface area contributed by atoms with E-state index < -0.39 is 16.9 Å². The molecular weight excluding hydrogens is 292 g/mol. The molecule has 2 atom stereocenters. The Morgan fingerprint density at radius 2 is 1.94 bits per heavy atom. The van der Waals surface area contributed by atoms with Gasteiger partial charge in [-0.05, 0) is 18.6 Å². The molecule has 0 saturated heterocycles. The van der Waals surface area contributed by atoms with Gasteiger partial charge >= 0.3 is 5.97 Å². The van der Waals surface area contributed by atoms with E-state index in [0.717, 1.165) is 0 Å². The number of aliphatic hydroxyl groups excluding tert-OH is 1. The number of carbonyl (C=O) groups is 2. The minimum Gasteiger partial charge on any atom is -0.508 e. The standard InChI is InChI=1S/C11H11BrO5/c1-5(13)9(12)6-3-2-4-7(14)8(6)10(15)11(16)17/h2-4,9-10,14-15H,1H3,(H,16,17). The van der Waals surface area contributed by atoms with E-state index in [2.05, 4.69) is 15.9 Å². The first-order valence-corrected chi connectivity index (χ1v) is 5.65. The third-order valence-corrected chi connectivity index (χ3v) is 3.39. The predicted octanol–water partition coefficient (Wildman–Crippen LogP) is 1.54. The van der Waals surface area contributed by atoms with Gasteiger partial charge in [0.2, 0.25) is 0 Å². The molecule has 1 aromatic carbocycles. The van der Waals surface area contributed by atoms with Crippen molar-refractivity contribution in [1.82, 2.24) is 0 Å². The SMILES string of the molecule is CC(=O)C(Br)c1cccc(O)c1C(O)C(=O)O. The molecule has 2 unspecified atom stereocenters. The van der Waals surface area contributed by atoms with Crippen LogP contribution in [0.4, 0.5) is 0 Å². The van der Waals surface area contributed by atoms with E-state index in [9.17, 15) is 19.8 Å². The fourth-order valence-corrected chi connectivity index (χ4v) is 1.83. The van der Waals surface area contributed by atoms with Crippen molar-refractivity contribution in [2.75, 3.05) is 0 Å². The lowest BCUT2D eigenvalue weighted by Gasteiger charge is -2.16. The molecule has 17 heavy (non-hydrogen) atoms. The van der Waals surface area contributed by atoms with E-state index in [1.807, 2.05) is 0 Å². The quantitative estimate of drug-likeness (QED) is 0.733. The number of aromatic hydroxyl groups is 1. The topological polar surface area (TPSA) is 94.8 Å². The minimum atomic E-state index is -1.87. The number of rotatable bonds is 4.